The largest absolute Gasteiger partial charge is 0.369 e. The Morgan fingerprint density at radius 1 is 1.42 bits per heavy atom. The maximum absolute atomic E-state index is 12.3. The summed E-state index contributed by atoms with van der Waals surface area (Å²) in [6, 6.07) is 1.36. The summed E-state index contributed by atoms with van der Waals surface area (Å²) in [7, 11) is 0. The molecule has 1 atom stereocenters. The minimum absolute atomic E-state index is 0.0120. The van der Waals surface area contributed by atoms with Crippen molar-refractivity contribution in [3.8, 4) is 0 Å². The van der Waals surface area contributed by atoms with Gasteiger partial charge in [0.25, 0.3) is 5.91 Å². The van der Waals surface area contributed by atoms with E-state index in [0.29, 0.717) is 13.0 Å². The first-order valence-electron chi connectivity index (χ1n) is 5.61. The molecule has 1 unspecified atom stereocenters. The summed E-state index contributed by atoms with van der Waals surface area (Å²) in [6.45, 7) is 2.44. The fourth-order valence-corrected chi connectivity index (χ4v) is 2.33. The predicted octanol–water partition coefficient (Wildman–Crippen LogP) is 1.12. The van der Waals surface area contributed by atoms with E-state index in [-0.39, 0.29) is 28.3 Å². The van der Waals surface area contributed by atoms with Gasteiger partial charge in [-0.25, -0.2) is 0 Å². The summed E-state index contributed by atoms with van der Waals surface area (Å²) in [5, 5.41) is 7.21. The highest BCUT2D eigenvalue weighted by atomic mass is 35.5. The van der Waals surface area contributed by atoms with E-state index in [1.54, 1.807) is 6.92 Å². The Balaban J connectivity index is 2.22. The first-order valence-corrected chi connectivity index (χ1v) is 6.37. The lowest BCUT2D eigenvalue weighted by molar-refractivity contribution is -0.126. The van der Waals surface area contributed by atoms with Crippen LogP contribution in [-0.2, 0) is 4.79 Å². The Hall–Kier alpha value is -1.40. The quantitative estimate of drug-likeness (QED) is 0.886. The summed E-state index contributed by atoms with van der Waals surface area (Å²) in [5.41, 5.74) is 4.81. The Labute approximate surface area is 119 Å². The molecule has 0 spiro atoms. The van der Waals surface area contributed by atoms with Crippen molar-refractivity contribution in [1.29, 1.82) is 0 Å². The average molecular weight is 303 g/mol. The lowest BCUT2D eigenvalue weighted by Gasteiger charge is -2.21. The van der Waals surface area contributed by atoms with E-state index in [0.717, 1.165) is 0 Å². The number of nitrogens with zero attached hydrogens (tertiary/aromatic N) is 3. The van der Waals surface area contributed by atoms with Crippen LogP contribution in [0.15, 0.2) is 6.07 Å². The van der Waals surface area contributed by atoms with Gasteiger partial charge in [0, 0.05) is 13.1 Å². The zero-order chi connectivity index (χ0) is 14.2. The lowest BCUT2D eigenvalue weighted by Crippen LogP contribution is -2.38. The van der Waals surface area contributed by atoms with Crippen molar-refractivity contribution < 1.29 is 9.59 Å². The number of nitrogens with two attached hydrogens (primary N) is 1. The van der Waals surface area contributed by atoms with Gasteiger partial charge in [-0.05, 0) is 19.4 Å². The van der Waals surface area contributed by atoms with Crippen LogP contribution in [0.5, 0.6) is 0 Å². The lowest BCUT2D eigenvalue weighted by atomic mass is 9.89. The topological polar surface area (TPSA) is 89.2 Å². The zero-order valence-electron chi connectivity index (χ0n) is 10.2. The number of halogens is 2. The standard InChI is InChI=1S/C11H12Cl2N4O2/c1-11(10(14)19)2-3-17(5-11)9(18)6-4-7(12)15-16-8(6)13/h4H,2-3,5H2,1H3,(H2,14,19). The van der Waals surface area contributed by atoms with Gasteiger partial charge in [-0.1, -0.05) is 23.2 Å². The van der Waals surface area contributed by atoms with Gasteiger partial charge in [-0.2, -0.15) is 0 Å². The number of likely N-dealkylation sites (tertiary alicyclic amines) is 1. The van der Waals surface area contributed by atoms with E-state index >= 15 is 0 Å². The summed E-state index contributed by atoms with van der Waals surface area (Å²) in [4.78, 5) is 25.2. The minimum Gasteiger partial charge on any atom is -0.369 e. The average Bonchev–Trinajstić information content (AvgIpc) is 2.76. The third-order valence-corrected chi connectivity index (χ3v) is 3.77. The molecule has 2 amide bonds. The Bertz CT molecular complexity index is 551. The van der Waals surface area contributed by atoms with Crippen LogP contribution in [0.1, 0.15) is 23.7 Å². The molecule has 8 heteroatoms. The van der Waals surface area contributed by atoms with Gasteiger partial charge in [-0.15, -0.1) is 10.2 Å². The van der Waals surface area contributed by atoms with Crippen LogP contribution < -0.4 is 5.73 Å². The molecule has 0 bridgehead atoms. The Morgan fingerprint density at radius 2 is 2.11 bits per heavy atom. The second-order valence-electron chi connectivity index (χ2n) is 4.77. The normalized spacial score (nSPS) is 22.6. The van der Waals surface area contributed by atoms with Crippen LogP contribution in [-0.4, -0.2) is 40.0 Å². The third kappa shape index (κ3) is 2.64. The molecule has 2 heterocycles. The van der Waals surface area contributed by atoms with Crippen LogP contribution in [0.4, 0.5) is 0 Å². The molecule has 2 rings (SSSR count). The summed E-state index contributed by atoms with van der Waals surface area (Å²) < 4.78 is 0. The number of primary amides is 1. The first kappa shape index (κ1) is 14.0. The van der Waals surface area contributed by atoms with Gasteiger partial charge in [0.2, 0.25) is 5.91 Å². The van der Waals surface area contributed by atoms with Crippen LogP contribution in [0, 0.1) is 5.41 Å². The summed E-state index contributed by atoms with van der Waals surface area (Å²) in [5.74, 6) is -0.744. The van der Waals surface area contributed by atoms with E-state index in [1.807, 2.05) is 0 Å². The monoisotopic (exact) mass is 302 g/mol. The SMILES string of the molecule is CC1(C(N)=O)CCN(C(=O)c2cc(Cl)nnc2Cl)C1. The summed E-state index contributed by atoms with van der Waals surface area (Å²) in [6.07, 6.45) is 0.526. The van der Waals surface area contributed by atoms with Crippen LogP contribution in [0.2, 0.25) is 10.3 Å². The molecular formula is C11H12Cl2N4O2. The molecule has 102 valence electrons. The van der Waals surface area contributed by atoms with E-state index < -0.39 is 11.3 Å². The molecule has 0 radical (unpaired) electrons. The predicted molar refractivity (Wildman–Crippen MR) is 69.9 cm³/mol. The van der Waals surface area contributed by atoms with E-state index in [2.05, 4.69) is 10.2 Å². The molecule has 1 saturated heterocycles. The number of rotatable bonds is 2. The molecule has 0 aromatic carbocycles. The van der Waals surface area contributed by atoms with Gasteiger partial charge in [0.05, 0.1) is 11.0 Å². The maximum Gasteiger partial charge on any atom is 0.257 e. The highest BCUT2D eigenvalue weighted by Gasteiger charge is 2.41. The molecular weight excluding hydrogens is 291 g/mol. The van der Waals surface area contributed by atoms with Crippen molar-refractivity contribution in [2.24, 2.45) is 11.1 Å². The smallest absolute Gasteiger partial charge is 0.257 e. The first-order chi connectivity index (χ1) is 8.83. The van der Waals surface area contributed by atoms with Gasteiger partial charge < -0.3 is 10.6 Å². The molecule has 6 nitrogen and oxygen atoms in total. The molecule has 2 N–H and O–H groups in total. The van der Waals surface area contributed by atoms with Gasteiger partial charge in [0.1, 0.15) is 0 Å². The molecule has 0 aliphatic carbocycles. The fourth-order valence-electron chi connectivity index (χ4n) is 2.01. The number of amides is 2. The molecule has 1 fully saturated rings. The highest BCUT2D eigenvalue weighted by Crippen LogP contribution is 2.31. The second kappa shape index (κ2) is 4.94. The van der Waals surface area contributed by atoms with Gasteiger partial charge >= 0.3 is 0 Å². The summed E-state index contributed by atoms with van der Waals surface area (Å²) >= 11 is 11.5. The number of hydrogen-bond acceptors (Lipinski definition) is 4. The molecule has 19 heavy (non-hydrogen) atoms. The highest BCUT2D eigenvalue weighted by molar-refractivity contribution is 6.34. The van der Waals surface area contributed by atoms with Crippen molar-refractivity contribution in [1.82, 2.24) is 15.1 Å². The van der Waals surface area contributed by atoms with Crippen LogP contribution in [0.3, 0.4) is 0 Å². The van der Waals surface area contributed by atoms with Crippen molar-refractivity contribution in [3.05, 3.63) is 21.9 Å². The van der Waals surface area contributed by atoms with E-state index in [1.165, 1.54) is 11.0 Å². The Kier molecular flexibility index (Phi) is 3.64. The molecule has 1 aliphatic rings. The van der Waals surface area contributed by atoms with Crippen molar-refractivity contribution in [2.45, 2.75) is 13.3 Å². The number of aromatic nitrogens is 2. The van der Waals surface area contributed by atoms with Gasteiger partial charge in [-0.3, -0.25) is 9.59 Å². The van der Waals surface area contributed by atoms with Crippen molar-refractivity contribution in [3.63, 3.8) is 0 Å². The molecule has 1 aromatic heterocycles. The van der Waals surface area contributed by atoms with Crippen molar-refractivity contribution >= 4 is 35.0 Å². The molecule has 0 saturated carbocycles. The van der Waals surface area contributed by atoms with Crippen LogP contribution >= 0.6 is 23.2 Å². The number of carbonyl (C=O) groups is 2. The maximum atomic E-state index is 12.3. The fraction of sp³-hybridized carbons (Fsp3) is 0.455. The van der Waals surface area contributed by atoms with Crippen molar-refractivity contribution in [2.75, 3.05) is 13.1 Å². The van der Waals surface area contributed by atoms with Gasteiger partial charge in [0.15, 0.2) is 10.3 Å². The minimum atomic E-state index is -0.702. The Morgan fingerprint density at radius 3 is 2.68 bits per heavy atom. The van der Waals surface area contributed by atoms with E-state index in [4.69, 9.17) is 28.9 Å². The zero-order valence-corrected chi connectivity index (χ0v) is 11.7. The number of hydrogen-bond donors (Lipinski definition) is 1. The van der Waals surface area contributed by atoms with E-state index in [9.17, 15) is 9.59 Å². The second-order valence-corrected chi connectivity index (χ2v) is 5.52. The number of carbonyl (C=O) groups excluding carboxylic acids is 2. The third-order valence-electron chi connectivity index (χ3n) is 3.30. The molecule has 1 aliphatic heterocycles. The molecule has 1 aromatic rings. The van der Waals surface area contributed by atoms with Crippen LogP contribution in [0.25, 0.3) is 0 Å².